The molecule has 1 aromatic carbocycles. The third-order valence-electron chi connectivity index (χ3n) is 3.57. The minimum atomic E-state index is 0.330. The highest BCUT2D eigenvalue weighted by molar-refractivity contribution is 5.39. The second-order valence-electron chi connectivity index (χ2n) is 4.80. The number of hydrogen-bond donors (Lipinski definition) is 1. The molecule has 0 aliphatic carbocycles. The maximum atomic E-state index is 5.72. The molecule has 2 heterocycles. The van der Waals surface area contributed by atoms with Gasteiger partial charge in [0.2, 0.25) is 0 Å². The molecule has 1 N–H and O–H groups in total. The SMILES string of the molecule is c1ccc2c(c1)OCC2NCC1CCCCO1. The summed E-state index contributed by atoms with van der Waals surface area (Å²) in [6.07, 6.45) is 4.08. The summed E-state index contributed by atoms with van der Waals surface area (Å²) < 4.78 is 11.4. The van der Waals surface area contributed by atoms with E-state index < -0.39 is 0 Å². The number of fused-ring (bicyclic) bond motifs is 1. The Kier molecular flexibility index (Phi) is 3.29. The van der Waals surface area contributed by atoms with Gasteiger partial charge in [0.1, 0.15) is 12.4 Å². The molecule has 0 saturated carbocycles. The lowest BCUT2D eigenvalue weighted by Gasteiger charge is -2.24. The fraction of sp³-hybridized carbons (Fsp3) is 0.571. The second kappa shape index (κ2) is 5.07. The Morgan fingerprint density at radius 3 is 3.06 bits per heavy atom. The Bertz CT molecular complexity index is 374. The van der Waals surface area contributed by atoms with Crippen LogP contribution in [0.1, 0.15) is 30.9 Å². The largest absolute Gasteiger partial charge is 0.491 e. The minimum Gasteiger partial charge on any atom is -0.491 e. The van der Waals surface area contributed by atoms with Crippen LogP contribution in [0.5, 0.6) is 5.75 Å². The summed E-state index contributed by atoms with van der Waals surface area (Å²) in [7, 11) is 0. The molecule has 2 atom stereocenters. The van der Waals surface area contributed by atoms with Crippen LogP contribution in [0.3, 0.4) is 0 Å². The van der Waals surface area contributed by atoms with Gasteiger partial charge in [0.25, 0.3) is 0 Å². The number of nitrogens with one attached hydrogen (secondary N) is 1. The van der Waals surface area contributed by atoms with Crippen LogP contribution < -0.4 is 10.1 Å². The molecular weight excluding hydrogens is 214 g/mol. The van der Waals surface area contributed by atoms with E-state index in [9.17, 15) is 0 Å². The van der Waals surface area contributed by atoms with Crippen molar-refractivity contribution in [1.29, 1.82) is 0 Å². The van der Waals surface area contributed by atoms with E-state index in [2.05, 4.69) is 17.4 Å². The molecule has 0 aromatic heterocycles. The van der Waals surface area contributed by atoms with Crippen LogP contribution in [-0.4, -0.2) is 25.9 Å². The van der Waals surface area contributed by atoms with E-state index >= 15 is 0 Å². The molecule has 1 aromatic rings. The van der Waals surface area contributed by atoms with Gasteiger partial charge in [0.05, 0.1) is 12.1 Å². The van der Waals surface area contributed by atoms with Gasteiger partial charge < -0.3 is 14.8 Å². The highest BCUT2D eigenvalue weighted by Crippen LogP contribution is 2.31. The minimum absolute atomic E-state index is 0.330. The summed E-state index contributed by atoms with van der Waals surface area (Å²) >= 11 is 0. The van der Waals surface area contributed by atoms with Crippen molar-refractivity contribution in [3.8, 4) is 5.75 Å². The number of hydrogen-bond acceptors (Lipinski definition) is 3. The van der Waals surface area contributed by atoms with Gasteiger partial charge in [-0.2, -0.15) is 0 Å². The Balaban J connectivity index is 1.56. The summed E-state index contributed by atoms with van der Waals surface area (Å²) in [4.78, 5) is 0. The highest BCUT2D eigenvalue weighted by Gasteiger charge is 2.24. The summed E-state index contributed by atoms with van der Waals surface area (Å²) in [6.45, 7) is 2.60. The first-order valence-corrected chi connectivity index (χ1v) is 6.50. The normalized spacial score (nSPS) is 27.5. The fourth-order valence-electron chi connectivity index (χ4n) is 2.57. The van der Waals surface area contributed by atoms with E-state index in [1.807, 2.05) is 12.1 Å². The third-order valence-corrected chi connectivity index (χ3v) is 3.57. The second-order valence-corrected chi connectivity index (χ2v) is 4.80. The molecule has 92 valence electrons. The third kappa shape index (κ3) is 2.45. The number of para-hydroxylation sites is 1. The topological polar surface area (TPSA) is 30.5 Å². The first kappa shape index (κ1) is 11.1. The maximum absolute atomic E-state index is 5.72. The summed E-state index contributed by atoms with van der Waals surface area (Å²) in [6, 6.07) is 8.59. The van der Waals surface area contributed by atoms with Crippen LogP contribution in [0, 0.1) is 0 Å². The molecule has 17 heavy (non-hydrogen) atoms. The van der Waals surface area contributed by atoms with Crippen LogP contribution in [0.15, 0.2) is 24.3 Å². The lowest BCUT2D eigenvalue weighted by atomic mass is 10.1. The first-order valence-electron chi connectivity index (χ1n) is 6.50. The molecule has 1 fully saturated rings. The van der Waals surface area contributed by atoms with Crippen molar-refractivity contribution in [1.82, 2.24) is 5.32 Å². The van der Waals surface area contributed by atoms with Crippen molar-refractivity contribution in [3.63, 3.8) is 0 Å². The van der Waals surface area contributed by atoms with Crippen molar-refractivity contribution in [2.24, 2.45) is 0 Å². The maximum Gasteiger partial charge on any atom is 0.124 e. The zero-order chi connectivity index (χ0) is 11.5. The Labute approximate surface area is 102 Å². The quantitative estimate of drug-likeness (QED) is 0.868. The average molecular weight is 233 g/mol. The van der Waals surface area contributed by atoms with Crippen molar-refractivity contribution in [3.05, 3.63) is 29.8 Å². The molecule has 0 bridgehead atoms. The zero-order valence-electron chi connectivity index (χ0n) is 10.0. The van der Waals surface area contributed by atoms with Gasteiger partial charge in [-0.1, -0.05) is 18.2 Å². The molecule has 1 saturated heterocycles. The van der Waals surface area contributed by atoms with E-state index in [0.29, 0.717) is 12.1 Å². The summed E-state index contributed by atoms with van der Waals surface area (Å²) in [5.41, 5.74) is 1.28. The van der Waals surface area contributed by atoms with Crippen LogP contribution in [0.25, 0.3) is 0 Å². The Morgan fingerprint density at radius 2 is 2.18 bits per heavy atom. The molecule has 2 unspecified atom stereocenters. The van der Waals surface area contributed by atoms with Crippen LogP contribution >= 0.6 is 0 Å². The zero-order valence-corrected chi connectivity index (χ0v) is 10.0. The van der Waals surface area contributed by atoms with Crippen LogP contribution in [0.4, 0.5) is 0 Å². The van der Waals surface area contributed by atoms with Crippen molar-refractivity contribution in [2.75, 3.05) is 19.8 Å². The van der Waals surface area contributed by atoms with Crippen LogP contribution in [-0.2, 0) is 4.74 Å². The molecule has 3 nitrogen and oxygen atoms in total. The molecule has 0 spiro atoms. The van der Waals surface area contributed by atoms with Crippen molar-refractivity contribution >= 4 is 0 Å². The van der Waals surface area contributed by atoms with Crippen molar-refractivity contribution in [2.45, 2.75) is 31.4 Å². The van der Waals surface area contributed by atoms with Gasteiger partial charge in [-0.3, -0.25) is 0 Å². The van der Waals surface area contributed by atoms with E-state index in [1.165, 1.54) is 24.8 Å². The van der Waals surface area contributed by atoms with E-state index in [-0.39, 0.29) is 0 Å². The number of ether oxygens (including phenoxy) is 2. The molecule has 0 radical (unpaired) electrons. The van der Waals surface area contributed by atoms with Gasteiger partial charge >= 0.3 is 0 Å². The first-order chi connectivity index (χ1) is 8.43. The average Bonchev–Trinajstić information content (AvgIpc) is 2.81. The molecule has 3 heteroatoms. The standard InChI is InChI=1S/C14H19NO2/c1-2-7-14-12(6-1)13(10-17-14)15-9-11-5-3-4-8-16-11/h1-2,6-7,11,13,15H,3-5,8-10H2. The van der Waals surface area contributed by atoms with Gasteiger partial charge in [-0.25, -0.2) is 0 Å². The lowest BCUT2D eigenvalue weighted by molar-refractivity contribution is 0.0150. The number of benzene rings is 1. The van der Waals surface area contributed by atoms with Gasteiger partial charge in [0, 0.05) is 18.7 Å². The van der Waals surface area contributed by atoms with Gasteiger partial charge in [-0.05, 0) is 25.3 Å². The predicted molar refractivity (Wildman–Crippen MR) is 66.3 cm³/mol. The summed E-state index contributed by atoms with van der Waals surface area (Å²) in [5.74, 6) is 1.02. The Hall–Kier alpha value is -1.06. The monoisotopic (exact) mass is 233 g/mol. The smallest absolute Gasteiger partial charge is 0.124 e. The van der Waals surface area contributed by atoms with Gasteiger partial charge in [0.15, 0.2) is 0 Å². The molecule has 2 aliphatic rings. The van der Waals surface area contributed by atoms with Crippen LogP contribution in [0.2, 0.25) is 0 Å². The van der Waals surface area contributed by atoms with E-state index in [4.69, 9.17) is 9.47 Å². The molecule has 2 aliphatic heterocycles. The molecule has 3 rings (SSSR count). The molecular formula is C14H19NO2. The lowest BCUT2D eigenvalue weighted by Crippen LogP contribution is -2.34. The summed E-state index contributed by atoms with van der Waals surface area (Å²) in [5, 5.41) is 3.56. The van der Waals surface area contributed by atoms with Gasteiger partial charge in [-0.15, -0.1) is 0 Å². The highest BCUT2D eigenvalue weighted by atomic mass is 16.5. The fourth-order valence-corrected chi connectivity index (χ4v) is 2.57. The van der Waals surface area contributed by atoms with Crippen molar-refractivity contribution < 1.29 is 9.47 Å². The van der Waals surface area contributed by atoms with E-state index in [1.54, 1.807) is 0 Å². The molecule has 0 amide bonds. The number of rotatable bonds is 3. The Morgan fingerprint density at radius 1 is 1.24 bits per heavy atom. The van der Waals surface area contributed by atoms with E-state index in [0.717, 1.165) is 25.5 Å². The predicted octanol–water partition coefficient (Wildman–Crippen LogP) is 2.28.